The van der Waals surface area contributed by atoms with Crippen molar-refractivity contribution in [2.45, 2.75) is 31.8 Å². The van der Waals surface area contributed by atoms with Gasteiger partial charge in [0, 0.05) is 0 Å². The Morgan fingerprint density at radius 1 is 1.22 bits per heavy atom. The Morgan fingerprint density at radius 2 is 2.11 bits per heavy atom. The number of hydrogen-bond donors (Lipinski definition) is 0. The van der Waals surface area contributed by atoms with E-state index in [9.17, 15) is 0 Å². The van der Waals surface area contributed by atoms with E-state index in [-0.39, 0.29) is 0 Å². The molecule has 2 fully saturated rings. The predicted octanol–water partition coefficient (Wildman–Crippen LogP) is 3.84. The highest BCUT2D eigenvalue weighted by atomic mass is 35.5. The number of hydrogen-bond acceptors (Lipinski definition) is 1. The van der Waals surface area contributed by atoms with E-state index in [1.807, 2.05) is 24.3 Å². The van der Waals surface area contributed by atoms with Gasteiger partial charge in [-0.1, -0.05) is 24.0 Å². The molecule has 1 aromatic carbocycles. The van der Waals surface area contributed by atoms with Crippen LogP contribution >= 0.6 is 11.6 Å². The van der Waals surface area contributed by atoms with Gasteiger partial charge in [-0.3, -0.25) is 0 Å². The largest absolute Gasteiger partial charge is 0.489 e. The van der Waals surface area contributed by atoms with E-state index < -0.39 is 0 Å². The Kier molecular flexibility index (Phi) is 3.48. The molecule has 0 N–H and O–H groups in total. The van der Waals surface area contributed by atoms with Crippen molar-refractivity contribution in [2.24, 2.45) is 11.8 Å². The summed E-state index contributed by atoms with van der Waals surface area (Å²) in [7, 11) is 0. The average Bonchev–Trinajstić information content (AvgIpc) is 3.00. The van der Waals surface area contributed by atoms with Crippen molar-refractivity contribution >= 4 is 11.6 Å². The topological polar surface area (TPSA) is 9.23 Å². The molecule has 0 saturated heterocycles. The van der Waals surface area contributed by atoms with Gasteiger partial charge in [-0.05, 0) is 49.7 Å². The molecule has 94 valence electrons. The van der Waals surface area contributed by atoms with Crippen LogP contribution in [0.4, 0.5) is 0 Å². The predicted molar refractivity (Wildman–Crippen MR) is 73.9 cm³/mol. The smallest absolute Gasteiger partial charge is 0.135 e. The van der Waals surface area contributed by atoms with E-state index in [0.29, 0.717) is 12.0 Å². The van der Waals surface area contributed by atoms with Crippen LogP contribution in [0.5, 0.6) is 5.75 Å². The zero-order valence-electron chi connectivity index (χ0n) is 10.4. The second-order valence-corrected chi connectivity index (χ2v) is 5.53. The van der Waals surface area contributed by atoms with Gasteiger partial charge in [0.15, 0.2) is 0 Å². The lowest BCUT2D eigenvalue weighted by Gasteiger charge is -2.23. The summed E-state index contributed by atoms with van der Waals surface area (Å²) in [6.07, 6.45) is 5.73. The molecule has 2 saturated carbocycles. The summed E-state index contributed by atoms with van der Waals surface area (Å²) in [5, 5.41) is 0. The number of para-hydroxylation sites is 1. The molecule has 18 heavy (non-hydrogen) atoms. The lowest BCUT2D eigenvalue weighted by atomic mass is 9.97. The average molecular weight is 261 g/mol. The summed E-state index contributed by atoms with van der Waals surface area (Å²) < 4.78 is 6.19. The summed E-state index contributed by atoms with van der Waals surface area (Å²) in [5.41, 5.74) is 0.959. The molecule has 2 heteroatoms. The Balaban J connectivity index is 1.76. The first kappa shape index (κ1) is 11.9. The van der Waals surface area contributed by atoms with Crippen LogP contribution in [0.2, 0.25) is 0 Å². The van der Waals surface area contributed by atoms with Crippen molar-refractivity contribution in [3.8, 4) is 17.6 Å². The van der Waals surface area contributed by atoms with Crippen LogP contribution in [-0.4, -0.2) is 12.0 Å². The number of rotatable bonds is 2. The zero-order chi connectivity index (χ0) is 12.4. The van der Waals surface area contributed by atoms with Crippen molar-refractivity contribution in [3.05, 3.63) is 29.8 Å². The minimum atomic E-state index is 0.364. The van der Waals surface area contributed by atoms with Crippen molar-refractivity contribution in [1.29, 1.82) is 0 Å². The highest BCUT2D eigenvalue weighted by molar-refractivity contribution is 6.19. The Labute approximate surface area is 113 Å². The van der Waals surface area contributed by atoms with Gasteiger partial charge in [0.25, 0.3) is 0 Å². The highest BCUT2D eigenvalue weighted by Gasteiger charge is 2.41. The second-order valence-electron chi connectivity index (χ2n) is 5.26. The van der Waals surface area contributed by atoms with E-state index in [1.165, 1.54) is 25.7 Å². The van der Waals surface area contributed by atoms with E-state index >= 15 is 0 Å². The molecular formula is C16H17ClO. The molecule has 2 bridgehead atoms. The molecule has 1 aromatic rings. The molecule has 2 aliphatic rings. The first-order valence-electron chi connectivity index (χ1n) is 6.67. The SMILES string of the molecule is ClCC#Cc1ccccc1OC1CC2CCC1C2. The maximum Gasteiger partial charge on any atom is 0.135 e. The molecular weight excluding hydrogens is 244 g/mol. The molecule has 0 aromatic heterocycles. The Hall–Kier alpha value is -1.13. The number of fused-ring (bicyclic) bond motifs is 2. The van der Waals surface area contributed by atoms with Crippen LogP contribution in [-0.2, 0) is 0 Å². The van der Waals surface area contributed by atoms with Gasteiger partial charge in [0.2, 0.25) is 0 Å². The third kappa shape index (κ3) is 2.35. The van der Waals surface area contributed by atoms with Crippen LogP contribution < -0.4 is 4.74 Å². The van der Waals surface area contributed by atoms with Gasteiger partial charge in [0.1, 0.15) is 11.9 Å². The molecule has 0 aliphatic heterocycles. The zero-order valence-corrected chi connectivity index (χ0v) is 11.1. The summed E-state index contributed by atoms with van der Waals surface area (Å²) in [6.45, 7) is 0. The summed E-state index contributed by atoms with van der Waals surface area (Å²) in [4.78, 5) is 0. The third-order valence-electron chi connectivity index (χ3n) is 4.13. The van der Waals surface area contributed by atoms with Crippen LogP contribution in [0.1, 0.15) is 31.2 Å². The van der Waals surface area contributed by atoms with Gasteiger partial charge in [-0.25, -0.2) is 0 Å². The Morgan fingerprint density at radius 3 is 2.83 bits per heavy atom. The fourth-order valence-electron chi connectivity index (χ4n) is 3.30. The number of ether oxygens (including phenoxy) is 1. The van der Waals surface area contributed by atoms with Gasteiger partial charge in [-0.15, -0.1) is 11.6 Å². The molecule has 2 aliphatic carbocycles. The van der Waals surface area contributed by atoms with E-state index in [2.05, 4.69) is 11.8 Å². The van der Waals surface area contributed by atoms with E-state index in [0.717, 1.165) is 23.1 Å². The monoisotopic (exact) mass is 260 g/mol. The van der Waals surface area contributed by atoms with Crippen molar-refractivity contribution in [1.82, 2.24) is 0 Å². The van der Waals surface area contributed by atoms with Gasteiger partial charge in [0.05, 0.1) is 11.4 Å². The van der Waals surface area contributed by atoms with Gasteiger partial charge in [-0.2, -0.15) is 0 Å². The maximum atomic E-state index is 6.19. The molecule has 3 unspecified atom stereocenters. The normalized spacial score (nSPS) is 28.8. The number of alkyl halides is 1. The fourth-order valence-corrected chi connectivity index (χ4v) is 3.36. The summed E-state index contributed by atoms with van der Waals surface area (Å²) in [6, 6.07) is 8.02. The number of halogens is 1. The van der Waals surface area contributed by atoms with Crippen LogP contribution in [0, 0.1) is 23.7 Å². The maximum absolute atomic E-state index is 6.19. The van der Waals surface area contributed by atoms with Gasteiger partial charge >= 0.3 is 0 Å². The van der Waals surface area contributed by atoms with Gasteiger partial charge < -0.3 is 4.74 Å². The first-order chi connectivity index (χ1) is 8.86. The standard InChI is InChI=1S/C16H17ClO/c17-9-3-5-13-4-1-2-6-15(13)18-16-11-12-7-8-14(16)10-12/h1-2,4,6,12,14,16H,7-11H2. The van der Waals surface area contributed by atoms with Crippen LogP contribution in [0.3, 0.4) is 0 Å². The van der Waals surface area contributed by atoms with Crippen molar-refractivity contribution in [3.63, 3.8) is 0 Å². The van der Waals surface area contributed by atoms with E-state index in [1.54, 1.807) is 0 Å². The fraction of sp³-hybridized carbons (Fsp3) is 0.500. The first-order valence-corrected chi connectivity index (χ1v) is 7.21. The van der Waals surface area contributed by atoms with Crippen molar-refractivity contribution in [2.75, 3.05) is 5.88 Å². The molecule has 0 heterocycles. The molecule has 0 amide bonds. The second kappa shape index (κ2) is 5.24. The summed E-state index contributed by atoms with van der Waals surface area (Å²) >= 11 is 5.61. The highest BCUT2D eigenvalue weighted by Crippen LogP contribution is 2.46. The molecule has 3 rings (SSSR count). The molecule has 1 nitrogen and oxygen atoms in total. The summed E-state index contributed by atoms with van der Waals surface area (Å²) in [5.74, 6) is 8.93. The van der Waals surface area contributed by atoms with Crippen LogP contribution in [0.15, 0.2) is 24.3 Å². The molecule has 0 radical (unpaired) electrons. The Bertz CT molecular complexity index is 485. The molecule has 3 atom stereocenters. The van der Waals surface area contributed by atoms with Crippen LogP contribution in [0.25, 0.3) is 0 Å². The third-order valence-corrected chi connectivity index (χ3v) is 4.26. The molecule has 0 spiro atoms. The lowest BCUT2D eigenvalue weighted by molar-refractivity contribution is 0.138. The van der Waals surface area contributed by atoms with Crippen molar-refractivity contribution < 1.29 is 4.74 Å². The van der Waals surface area contributed by atoms with E-state index in [4.69, 9.17) is 16.3 Å². The minimum Gasteiger partial charge on any atom is -0.489 e. The minimum absolute atomic E-state index is 0.364. The quantitative estimate of drug-likeness (QED) is 0.580. The lowest BCUT2D eigenvalue weighted by Crippen LogP contribution is -2.23. The number of benzene rings is 1.